The van der Waals surface area contributed by atoms with Gasteiger partial charge in [0.15, 0.2) is 11.5 Å². The standard InChI is InChI=1S/C12H13B3N2O6/c13-4-1-3(17(22)23)2-5(14)6(4)8(15)7-9(18)11(20)16-12(21)10(7)19/h1-2,8,18-19H,13-15H2,(H2,16,20,21). The van der Waals surface area contributed by atoms with Gasteiger partial charge in [0.2, 0.25) is 0 Å². The molecule has 8 nitrogen and oxygen atoms in total. The second-order valence-corrected chi connectivity index (χ2v) is 5.34. The number of aromatic hydroxyl groups is 4. The van der Waals surface area contributed by atoms with Crippen LogP contribution in [-0.2, 0) is 0 Å². The highest BCUT2D eigenvalue weighted by atomic mass is 16.6. The van der Waals surface area contributed by atoms with E-state index in [2.05, 4.69) is 4.98 Å². The fourth-order valence-corrected chi connectivity index (χ4v) is 2.85. The topological polar surface area (TPSA) is 137 Å². The minimum Gasteiger partial charge on any atom is -0.503 e. The van der Waals surface area contributed by atoms with Crippen molar-refractivity contribution in [3.63, 3.8) is 0 Å². The highest BCUT2D eigenvalue weighted by Gasteiger charge is 2.26. The van der Waals surface area contributed by atoms with E-state index in [1.54, 1.807) is 23.5 Å². The zero-order chi connectivity index (χ0) is 17.5. The summed E-state index contributed by atoms with van der Waals surface area (Å²) < 4.78 is 0. The molecule has 1 heterocycles. The fraction of sp³-hybridized carbons (Fsp3) is 0.0833. The molecule has 1 unspecified atom stereocenters. The third-order valence-corrected chi connectivity index (χ3v) is 3.80. The van der Waals surface area contributed by atoms with Gasteiger partial charge in [-0.2, -0.15) is 4.98 Å². The molecule has 11 heteroatoms. The van der Waals surface area contributed by atoms with Crippen molar-refractivity contribution in [1.29, 1.82) is 0 Å². The minimum absolute atomic E-state index is 0.0650. The first-order chi connectivity index (χ1) is 10.6. The van der Waals surface area contributed by atoms with Crippen LogP contribution in [0, 0.1) is 10.1 Å². The van der Waals surface area contributed by atoms with E-state index in [1.807, 2.05) is 0 Å². The summed E-state index contributed by atoms with van der Waals surface area (Å²) in [6.45, 7) is 0. The Morgan fingerprint density at radius 1 is 1.00 bits per heavy atom. The number of aromatic nitrogens is 1. The van der Waals surface area contributed by atoms with Crippen LogP contribution in [-0.4, -0.2) is 53.9 Å². The lowest BCUT2D eigenvalue weighted by Gasteiger charge is -2.21. The number of non-ortho nitro benzene ring substituents is 1. The Labute approximate surface area is 133 Å². The van der Waals surface area contributed by atoms with Crippen LogP contribution in [0.2, 0.25) is 0 Å². The van der Waals surface area contributed by atoms with Crippen molar-refractivity contribution in [3.05, 3.63) is 33.4 Å². The Kier molecular flexibility index (Phi) is 4.13. The predicted molar refractivity (Wildman–Crippen MR) is 90.7 cm³/mol. The summed E-state index contributed by atoms with van der Waals surface area (Å²) in [4.78, 5) is 13.6. The molecule has 0 amide bonds. The quantitative estimate of drug-likeness (QED) is 0.270. The first kappa shape index (κ1) is 16.5. The second kappa shape index (κ2) is 5.75. The molecule has 1 aromatic heterocycles. The molecule has 0 aliphatic heterocycles. The van der Waals surface area contributed by atoms with Crippen LogP contribution in [0.3, 0.4) is 0 Å². The molecule has 0 saturated heterocycles. The lowest BCUT2D eigenvalue weighted by molar-refractivity contribution is -0.384. The van der Waals surface area contributed by atoms with E-state index >= 15 is 0 Å². The Bertz CT molecular complexity index is 765. The summed E-state index contributed by atoms with van der Waals surface area (Å²) >= 11 is 0. The van der Waals surface area contributed by atoms with Gasteiger partial charge >= 0.3 is 0 Å². The number of nitro benzene ring substituents is 1. The highest BCUT2D eigenvalue weighted by Crippen LogP contribution is 2.43. The van der Waals surface area contributed by atoms with Crippen LogP contribution in [0.15, 0.2) is 12.1 Å². The molecule has 23 heavy (non-hydrogen) atoms. The van der Waals surface area contributed by atoms with Gasteiger partial charge in [0.05, 0.1) is 4.92 Å². The summed E-state index contributed by atoms with van der Waals surface area (Å²) in [7, 11) is 4.97. The second-order valence-electron chi connectivity index (χ2n) is 5.34. The number of nitro groups is 1. The smallest absolute Gasteiger partial charge is 0.268 e. The van der Waals surface area contributed by atoms with Crippen molar-refractivity contribution in [2.45, 2.75) is 5.82 Å². The van der Waals surface area contributed by atoms with Gasteiger partial charge in [-0.1, -0.05) is 16.5 Å². The van der Waals surface area contributed by atoms with Gasteiger partial charge < -0.3 is 20.4 Å². The Morgan fingerprint density at radius 3 is 1.83 bits per heavy atom. The molecule has 0 aliphatic carbocycles. The third kappa shape index (κ3) is 2.77. The number of pyridine rings is 1. The highest BCUT2D eigenvalue weighted by molar-refractivity contribution is 6.41. The molecular weight excluding hydrogens is 301 g/mol. The molecule has 0 fully saturated rings. The molecule has 116 valence electrons. The number of hydrogen-bond acceptors (Lipinski definition) is 7. The van der Waals surface area contributed by atoms with E-state index in [0.29, 0.717) is 16.5 Å². The third-order valence-electron chi connectivity index (χ3n) is 3.80. The van der Waals surface area contributed by atoms with Crippen LogP contribution < -0.4 is 10.9 Å². The van der Waals surface area contributed by atoms with Crippen molar-refractivity contribution in [2.24, 2.45) is 0 Å². The van der Waals surface area contributed by atoms with E-state index in [0.717, 1.165) is 0 Å². The normalized spacial score (nSPS) is 12.0. The zero-order valence-corrected chi connectivity index (χ0v) is 12.7. The Balaban J connectivity index is 2.67. The summed E-state index contributed by atoms with van der Waals surface area (Å²) in [6.07, 6.45) is 0. The number of hydrogen-bond donors (Lipinski definition) is 4. The molecule has 1 aromatic carbocycles. The SMILES string of the molecule is Bc1cc([N+](=O)[O-])cc(B)c1C(B)c1c(O)c(O)nc(O)c1O. The van der Waals surface area contributed by atoms with Crippen molar-refractivity contribution >= 4 is 40.2 Å². The van der Waals surface area contributed by atoms with Gasteiger partial charge in [-0.15, -0.1) is 0 Å². The molecule has 1 atom stereocenters. The Hall–Kier alpha value is -2.84. The van der Waals surface area contributed by atoms with E-state index in [1.165, 1.54) is 12.1 Å². The van der Waals surface area contributed by atoms with Gasteiger partial charge in [-0.3, -0.25) is 10.1 Å². The van der Waals surface area contributed by atoms with Gasteiger partial charge in [0, 0.05) is 17.7 Å². The van der Waals surface area contributed by atoms with E-state index < -0.39 is 34.0 Å². The summed E-state index contributed by atoms with van der Waals surface area (Å²) in [5, 5.41) is 49.9. The molecule has 2 rings (SSSR count). The zero-order valence-electron chi connectivity index (χ0n) is 12.7. The maximum atomic E-state index is 10.9. The molecule has 0 aliphatic rings. The van der Waals surface area contributed by atoms with Crippen molar-refractivity contribution in [2.75, 3.05) is 0 Å². The van der Waals surface area contributed by atoms with Crippen LogP contribution in [0.25, 0.3) is 0 Å². The maximum Gasteiger partial charge on any atom is 0.268 e. The molecule has 0 saturated carbocycles. The average molecular weight is 314 g/mol. The van der Waals surface area contributed by atoms with Crippen LogP contribution in [0.5, 0.6) is 23.3 Å². The molecule has 0 bridgehead atoms. The van der Waals surface area contributed by atoms with Gasteiger partial charge in [-0.05, 0) is 5.82 Å². The molecule has 0 radical (unpaired) electrons. The lowest BCUT2D eigenvalue weighted by Crippen LogP contribution is -2.27. The van der Waals surface area contributed by atoms with E-state index in [4.69, 9.17) is 0 Å². The van der Waals surface area contributed by atoms with Crippen LogP contribution in [0.4, 0.5) is 5.69 Å². The summed E-state index contributed by atoms with van der Waals surface area (Å²) in [5.74, 6) is -3.55. The average Bonchev–Trinajstić information content (AvgIpc) is 2.44. The number of benzene rings is 1. The Morgan fingerprint density at radius 2 is 1.43 bits per heavy atom. The summed E-state index contributed by atoms with van der Waals surface area (Å²) in [6, 6.07) is 2.77. The monoisotopic (exact) mass is 314 g/mol. The van der Waals surface area contributed by atoms with Crippen molar-refractivity contribution in [1.82, 2.24) is 4.98 Å². The van der Waals surface area contributed by atoms with E-state index in [-0.39, 0.29) is 11.3 Å². The lowest BCUT2D eigenvalue weighted by atomic mass is 9.66. The minimum atomic E-state index is -0.806. The maximum absolute atomic E-state index is 10.9. The van der Waals surface area contributed by atoms with Crippen molar-refractivity contribution < 1.29 is 25.3 Å². The largest absolute Gasteiger partial charge is 0.503 e. The molecular formula is C12H13B3N2O6. The first-order valence-electron chi connectivity index (χ1n) is 6.74. The van der Waals surface area contributed by atoms with Crippen LogP contribution in [0.1, 0.15) is 16.9 Å². The molecule has 0 spiro atoms. The van der Waals surface area contributed by atoms with Gasteiger partial charge in [0.1, 0.15) is 23.5 Å². The van der Waals surface area contributed by atoms with E-state index in [9.17, 15) is 30.5 Å². The predicted octanol–water partition coefficient (Wildman–Crippen LogP) is -2.95. The fourth-order valence-electron chi connectivity index (χ4n) is 2.85. The molecule has 2 aromatic rings. The first-order valence-corrected chi connectivity index (χ1v) is 6.74. The van der Waals surface area contributed by atoms with Crippen molar-refractivity contribution in [3.8, 4) is 23.3 Å². The number of rotatable bonds is 3. The van der Waals surface area contributed by atoms with Crippen LogP contribution >= 0.6 is 0 Å². The molecule has 4 N–H and O–H groups in total. The number of nitrogens with zero attached hydrogens (tertiary/aromatic N) is 2. The van der Waals surface area contributed by atoms with Gasteiger partial charge in [-0.25, -0.2) is 0 Å². The van der Waals surface area contributed by atoms with Gasteiger partial charge in [0.25, 0.3) is 17.4 Å². The summed E-state index contributed by atoms with van der Waals surface area (Å²) in [5.41, 5.74) is 1.63.